The van der Waals surface area contributed by atoms with E-state index in [0.717, 1.165) is 23.7 Å². The van der Waals surface area contributed by atoms with Crippen molar-refractivity contribution in [3.63, 3.8) is 0 Å². The SMILES string of the molecule is CN(C)C(C#N)=NC1C2CC3CC(C2)CC1C3. The number of nitrogens with zero attached hydrogens (tertiary/aromatic N) is 3. The highest BCUT2D eigenvalue weighted by atomic mass is 15.1. The first-order valence-corrected chi connectivity index (χ1v) is 6.82. The van der Waals surface area contributed by atoms with Gasteiger partial charge in [0, 0.05) is 14.1 Å². The molecule has 0 aromatic carbocycles. The van der Waals surface area contributed by atoms with Crippen LogP contribution >= 0.6 is 0 Å². The molecule has 92 valence electrons. The Morgan fingerprint density at radius 2 is 1.59 bits per heavy atom. The molecule has 0 spiro atoms. The molecule has 17 heavy (non-hydrogen) atoms. The average Bonchev–Trinajstić information content (AvgIpc) is 2.27. The van der Waals surface area contributed by atoms with Crippen LogP contribution in [0, 0.1) is 35.0 Å². The first kappa shape index (κ1) is 11.1. The first-order valence-electron chi connectivity index (χ1n) is 6.82. The lowest BCUT2D eigenvalue weighted by atomic mass is 9.54. The van der Waals surface area contributed by atoms with Gasteiger partial charge in [-0.2, -0.15) is 5.26 Å². The van der Waals surface area contributed by atoms with Gasteiger partial charge in [0.25, 0.3) is 0 Å². The summed E-state index contributed by atoms with van der Waals surface area (Å²) < 4.78 is 0. The molecule has 0 saturated heterocycles. The molecule has 3 heteroatoms. The Labute approximate surface area is 104 Å². The molecule has 0 aromatic rings. The third-order valence-electron chi connectivity index (χ3n) is 4.97. The summed E-state index contributed by atoms with van der Waals surface area (Å²) in [6.07, 6.45) is 6.95. The maximum atomic E-state index is 9.13. The van der Waals surface area contributed by atoms with Crippen LogP contribution in [0.15, 0.2) is 4.99 Å². The molecule has 0 N–H and O–H groups in total. The van der Waals surface area contributed by atoms with E-state index in [1.54, 1.807) is 0 Å². The minimum atomic E-state index is 0.444. The van der Waals surface area contributed by atoms with Gasteiger partial charge in [-0.25, -0.2) is 0 Å². The fourth-order valence-electron chi connectivity index (χ4n) is 4.49. The second kappa shape index (κ2) is 4.01. The smallest absolute Gasteiger partial charge is 0.203 e. The molecule has 4 aliphatic carbocycles. The lowest BCUT2D eigenvalue weighted by molar-refractivity contribution is 0.00103. The maximum absolute atomic E-state index is 9.13. The molecule has 0 unspecified atom stereocenters. The van der Waals surface area contributed by atoms with Gasteiger partial charge in [-0.3, -0.25) is 4.99 Å². The third-order valence-corrected chi connectivity index (χ3v) is 4.97. The Morgan fingerprint density at radius 1 is 1.06 bits per heavy atom. The van der Waals surface area contributed by atoms with Crippen LogP contribution in [-0.2, 0) is 0 Å². The van der Waals surface area contributed by atoms with Crippen LogP contribution in [0.3, 0.4) is 0 Å². The van der Waals surface area contributed by atoms with E-state index in [0.29, 0.717) is 11.9 Å². The molecule has 3 nitrogen and oxygen atoms in total. The predicted molar refractivity (Wildman–Crippen MR) is 67.6 cm³/mol. The van der Waals surface area contributed by atoms with Crippen LogP contribution in [0.25, 0.3) is 0 Å². The highest BCUT2D eigenvalue weighted by Gasteiger charge is 2.48. The summed E-state index contributed by atoms with van der Waals surface area (Å²) in [4.78, 5) is 6.63. The topological polar surface area (TPSA) is 39.4 Å². The zero-order valence-corrected chi connectivity index (χ0v) is 10.8. The predicted octanol–water partition coefficient (Wildman–Crippen LogP) is 2.29. The molecule has 0 heterocycles. The number of rotatable bonds is 1. The molecule has 4 fully saturated rings. The highest BCUT2D eigenvalue weighted by Crippen LogP contribution is 2.54. The van der Waals surface area contributed by atoms with Crippen LogP contribution in [0.1, 0.15) is 32.1 Å². The molecule has 0 atom stereocenters. The Morgan fingerprint density at radius 3 is 2.00 bits per heavy atom. The van der Waals surface area contributed by atoms with E-state index in [9.17, 15) is 0 Å². The van der Waals surface area contributed by atoms with Gasteiger partial charge in [-0.15, -0.1) is 0 Å². The number of amidine groups is 1. The summed E-state index contributed by atoms with van der Waals surface area (Å²) in [5, 5.41) is 9.13. The third kappa shape index (κ3) is 1.84. The second-order valence-corrected chi connectivity index (χ2v) is 6.38. The number of aliphatic imine (C=N–C) groups is 1. The summed E-state index contributed by atoms with van der Waals surface area (Å²) in [6, 6.07) is 2.68. The van der Waals surface area contributed by atoms with Crippen molar-refractivity contribution in [3.05, 3.63) is 0 Å². The van der Waals surface area contributed by atoms with Gasteiger partial charge in [0.1, 0.15) is 6.07 Å². The molecule has 4 bridgehead atoms. The van der Waals surface area contributed by atoms with Gasteiger partial charge in [-0.05, 0) is 55.8 Å². The second-order valence-electron chi connectivity index (χ2n) is 6.38. The van der Waals surface area contributed by atoms with Crippen molar-refractivity contribution in [1.82, 2.24) is 4.90 Å². The van der Waals surface area contributed by atoms with E-state index >= 15 is 0 Å². The molecule has 4 rings (SSSR count). The number of hydrogen-bond donors (Lipinski definition) is 0. The van der Waals surface area contributed by atoms with Crippen molar-refractivity contribution in [2.24, 2.45) is 28.7 Å². The molecule has 4 aliphatic rings. The minimum Gasteiger partial charge on any atom is -0.354 e. The fourth-order valence-corrected chi connectivity index (χ4v) is 4.49. The van der Waals surface area contributed by atoms with Crippen molar-refractivity contribution in [2.75, 3.05) is 14.1 Å². The molecule has 4 saturated carbocycles. The lowest BCUT2D eigenvalue weighted by Crippen LogP contribution is -2.48. The van der Waals surface area contributed by atoms with E-state index in [-0.39, 0.29) is 0 Å². The van der Waals surface area contributed by atoms with Gasteiger partial charge >= 0.3 is 0 Å². The average molecular weight is 231 g/mol. The monoisotopic (exact) mass is 231 g/mol. The molecular formula is C14H21N3. The first-order chi connectivity index (χ1) is 8.17. The van der Waals surface area contributed by atoms with Crippen molar-refractivity contribution >= 4 is 5.84 Å². The van der Waals surface area contributed by atoms with E-state index in [1.165, 1.54) is 32.1 Å². The van der Waals surface area contributed by atoms with Crippen molar-refractivity contribution < 1.29 is 0 Å². The van der Waals surface area contributed by atoms with Gasteiger partial charge in [0.2, 0.25) is 5.84 Å². The van der Waals surface area contributed by atoms with Crippen LogP contribution in [0.4, 0.5) is 0 Å². The summed E-state index contributed by atoms with van der Waals surface area (Å²) in [7, 11) is 3.83. The van der Waals surface area contributed by atoms with Crippen LogP contribution in [0.5, 0.6) is 0 Å². The maximum Gasteiger partial charge on any atom is 0.203 e. The normalized spacial score (nSPS) is 43.6. The quantitative estimate of drug-likeness (QED) is 0.513. The van der Waals surface area contributed by atoms with E-state index in [4.69, 9.17) is 10.3 Å². The van der Waals surface area contributed by atoms with Gasteiger partial charge in [-0.1, -0.05) is 0 Å². The molecule has 0 amide bonds. The van der Waals surface area contributed by atoms with Crippen LogP contribution < -0.4 is 0 Å². The largest absolute Gasteiger partial charge is 0.354 e. The summed E-state index contributed by atoms with van der Waals surface area (Å²) in [5.74, 6) is 4.12. The molecule has 0 aromatic heterocycles. The standard InChI is InChI=1S/C14H21N3/c1-17(2)13(8-15)16-14-11-4-9-3-10(6-11)7-12(14)5-9/h9-12,14H,3-7H2,1-2H3. The zero-order valence-electron chi connectivity index (χ0n) is 10.8. The van der Waals surface area contributed by atoms with Crippen molar-refractivity contribution in [2.45, 2.75) is 38.1 Å². The van der Waals surface area contributed by atoms with Gasteiger partial charge in [0.15, 0.2) is 0 Å². The van der Waals surface area contributed by atoms with Crippen molar-refractivity contribution in [1.29, 1.82) is 5.26 Å². The molecular weight excluding hydrogens is 210 g/mol. The minimum absolute atomic E-state index is 0.444. The number of nitriles is 1. The van der Waals surface area contributed by atoms with Crippen LogP contribution in [-0.4, -0.2) is 30.9 Å². The Kier molecular flexibility index (Phi) is 2.61. The Balaban J connectivity index is 1.83. The Bertz CT molecular complexity index is 349. The molecule has 0 aliphatic heterocycles. The summed E-state index contributed by atoms with van der Waals surface area (Å²) in [5.41, 5.74) is 0. The summed E-state index contributed by atoms with van der Waals surface area (Å²) in [6.45, 7) is 0. The van der Waals surface area contributed by atoms with Crippen LogP contribution in [0.2, 0.25) is 0 Å². The van der Waals surface area contributed by atoms with E-state index in [2.05, 4.69) is 6.07 Å². The van der Waals surface area contributed by atoms with Gasteiger partial charge in [0.05, 0.1) is 6.04 Å². The lowest BCUT2D eigenvalue weighted by Gasteiger charge is -2.53. The zero-order chi connectivity index (χ0) is 12.0. The highest BCUT2D eigenvalue weighted by molar-refractivity contribution is 5.96. The Hall–Kier alpha value is -1.04. The number of hydrogen-bond acceptors (Lipinski definition) is 2. The molecule has 0 radical (unpaired) electrons. The van der Waals surface area contributed by atoms with Crippen molar-refractivity contribution in [3.8, 4) is 6.07 Å². The summed E-state index contributed by atoms with van der Waals surface area (Å²) >= 11 is 0. The van der Waals surface area contributed by atoms with E-state index < -0.39 is 0 Å². The van der Waals surface area contributed by atoms with E-state index in [1.807, 2.05) is 19.0 Å². The fraction of sp³-hybridized carbons (Fsp3) is 0.857. The van der Waals surface area contributed by atoms with Gasteiger partial charge < -0.3 is 4.90 Å².